The number of hydrogen-bond donors (Lipinski definition) is 1. The summed E-state index contributed by atoms with van der Waals surface area (Å²) >= 11 is 3.33. The van der Waals surface area contributed by atoms with Gasteiger partial charge in [0.05, 0.1) is 7.11 Å². The van der Waals surface area contributed by atoms with Gasteiger partial charge in [-0.15, -0.1) is 0 Å². The van der Waals surface area contributed by atoms with Crippen molar-refractivity contribution in [2.24, 2.45) is 0 Å². The number of halogens is 1. The Hall–Kier alpha value is -1.24. The molecule has 2 fully saturated rings. The summed E-state index contributed by atoms with van der Waals surface area (Å²) in [4.78, 5) is 23.7. The third-order valence-electron chi connectivity index (χ3n) is 4.97. The van der Waals surface area contributed by atoms with Crippen LogP contribution in [0.4, 0.5) is 0 Å². The summed E-state index contributed by atoms with van der Waals surface area (Å²) in [5.74, 6) is -0.445. The van der Waals surface area contributed by atoms with E-state index in [1.807, 2.05) is 12.2 Å². The van der Waals surface area contributed by atoms with Gasteiger partial charge >= 0.3 is 5.97 Å². The summed E-state index contributed by atoms with van der Waals surface area (Å²) in [5, 5.41) is 11.1. The van der Waals surface area contributed by atoms with Crippen LogP contribution in [-0.4, -0.2) is 40.2 Å². The largest absolute Gasteiger partial charge is 0.469 e. The summed E-state index contributed by atoms with van der Waals surface area (Å²) in [7, 11) is 1.37. The van der Waals surface area contributed by atoms with E-state index in [-0.39, 0.29) is 11.8 Å². The van der Waals surface area contributed by atoms with Gasteiger partial charge in [-0.05, 0) is 41.6 Å². The standard InChI is InChI=1S/C21H29BrO5/c1-3-4-5-6-9-12-15-20(25)16(18(24)21(22)19(20)27-21)13-10-7-8-11-14-17(23)26-2/h7,9-10,12-13,19,25H,3-6,8,11,14-15H2,1-2H3/b10-7+,12-9-,16-13-. The number of fused-ring (bicyclic) bond motifs is 1. The molecule has 2 aliphatic rings. The van der Waals surface area contributed by atoms with Crippen LogP contribution in [0.15, 0.2) is 36.0 Å². The Morgan fingerprint density at radius 1 is 1.26 bits per heavy atom. The van der Waals surface area contributed by atoms with E-state index in [0.29, 0.717) is 31.3 Å². The number of unbranched alkanes of at least 4 members (excludes halogenated alkanes) is 4. The molecule has 0 spiro atoms. The molecular weight excluding hydrogens is 412 g/mol. The maximum absolute atomic E-state index is 12.6. The lowest BCUT2D eigenvalue weighted by Crippen LogP contribution is -2.35. The third-order valence-corrected chi connectivity index (χ3v) is 5.94. The molecule has 1 saturated carbocycles. The minimum Gasteiger partial charge on any atom is -0.469 e. The summed E-state index contributed by atoms with van der Waals surface area (Å²) in [6.45, 7) is 2.16. The Kier molecular flexibility index (Phi) is 8.01. The van der Waals surface area contributed by atoms with Gasteiger partial charge in [0.25, 0.3) is 0 Å². The van der Waals surface area contributed by atoms with E-state index in [0.717, 1.165) is 12.8 Å². The topological polar surface area (TPSA) is 76.1 Å². The highest BCUT2D eigenvalue weighted by atomic mass is 79.9. The van der Waals surface area contributed by atoms with E-state index in [4.69, 9.17) is 4.74 Å². The van der Waals surface area contributed by atoms with Gasteiger partial charge in [-0.2, -0.15) is 0 Å². The predicted molar refractivity (Wildman–Crippen MR) is 107 cm³/mol. The van der Waals surface area contributed by atoms with Gasteiger partial charge in [0.15, 0.2) is 0 Å². The van der Waals surface area contributed by atoms with Crippen molar-refractivity contribution in [3.63, 3.8) is 0 Å². The molecule has 6 heteroatoms. The summed E-state index contributed by atoms with van der Waals surface area (Å²) in [6.07, 6.45) is 15.3. The lowest BCUT2D eigenvalue weighted by molar-refractivity contribution is -0.140. The molecule has 0 aromatic rings. The minimum atomic E-state index is -1.31. The van der Waals surface area contributed by atoms with Crippen molar-refractivity contribution in [2.75, 3.05) is 7.11 Å². The minimum absolute atomic E-state index is 0.214. The van der Waals surface area contributed by atoms with Gasteiger partial charge in [0.1, 0.15) is 11.7 Å². The van der Waals surface area contributed by atoms with E-state index in [1.165, 1.54) is 20.0 Å². The van der Waals surface area contributed by atoms with Gasteiger partial charge in [0, 0.05) is 18.4 Å². The zero-order chi connectivity index (χ0) is 19.9. The molecule has 1 N–H and O–H groups in total. The van der Waals surface area contributed by atoms with E-state index in [9.17, 15) is 14.7 Å². The highest BCUT2D eigenvalue weighted by Crippen LogP contribution is 2.60. The first-order chi connectivity index (χ1) is 12.9. The third kappa shape index (κ3) is 5.18. The molecule has 150 valence electrons. The molecule has 1 aliphatic carbocycles. The normalized spacial score (nSPS) is 31.2. The van der Waals surface area contributed by atoms with Crippen LogP contribution in [0.2, 0.25) is 0 Å². The number of methoxy groups -OCH3 is 1. The van der Waals surface area contributed by atoms with Crippen LogP contribution in [0.25, 0.3) is 0 Å². The number of esters is 1. The quantitative estimate of drug-likeness (QED) is 0.130. The molecule has 0 radical (unpaired) electrons. The number of allylic oxidation sites excluding steroid dienone is 4. The van der Waals surface area contributed by atoms with Crippen molar-refractivity contribution in [1.29, 1.82) is 0 Å². The first kappa shape index (κ1) is 22.1. The average molecular weight is 441 g/mol. The van der Waals surface area contributed by atoms with Gasteiger partial charge in [-0.3, -0.25) is 9.59 Å². The fraction of sp³-hybridized carbons (Fsp3) is 0.619. The average Bonchev–Trinajstić information content (AvgIpc) is 3.33. The molecule has 5 nitrogen and oxygen atoms in total. The summed E-state index contributed by atoms with van der Waals surface area (Å²) in [6, 6.07) is 0. The number of carbonyl (C=O) groups excluding carboxylic acids is 2. The molecule has 1 saturated heterocycles. The number of carbonyl (C=O) groups is 2. The Bertz CT molecular complexity index is 638. The van der Waals surface area contributed by atoms with Crippen molar-refractivity contribution >= 4 is 27.7 Å². The highest BCUT2D eigenvalue weighted by molar-refractivity contribution is 9.10. The molecule has 3 atom stereocenters. The second-order valence-electron chi connectivity index (χ2n) is 7.04. The highest BCUT2D eigenvalue weighted by Gasteiger charge is 2.77. The molecule has 1 aliphatic heterocycles. The Morgan fingerprint density at radius 3 is 2.70 bits per heavy atom. The van der Waals surface area contributed by atoms with E-state index >= 15 is 0 Å². The van der Waals surface area contributed by atoms with Gasteiger partial charge in [-0.1, -0.05) is 50.1 Å². The molecule has 27 heavy (non-hydrogen) atoms. The van der Waals surface area contributed by atoms with Crippen LogP contribution in [0.5, 0.6) is 0 Å². The van der Waals surface area contributed by atoms with E-state index < -0.39 is 16.2 Å². The summed E-state index contributed by atoms with van der Waals surface area (Å²) < 4.78 is 8.97. The number of aliphatic hydroxyl groups is 1. The van der Waals surface area contributed by atoms with Crippen LogP contribution in [0.1, 0.15) is 58.3 Å². The second-order valence-corrected chi connectivity index (χ2v) is 8.22. The monoisotopic (exact) mass is 440 g/mol. The maximum atomic E-state index is 12.6. The van der Waals surface area contributed by atoms with Gasteiger partial charge in [-0.25, -0.2) is 0 Å². The van der Waals surface area contributed by atoms with Crippen molar-refractivity contribution in [3.05, 3.63) is 36.0 Å². The zero-order valence-corrected chi connectivity index (χ0v) is 17.7. The van der Waals surface area contributed by atoms with Gasteiger partial charge < -0.3 is 14.6 Å². The molecule has 2 rings (SSSR count). The molecule has 0 amide bonds. The number of ether oxygens (including phenoxy) is 2. The number of hydrogen-bond acceptors (Lipinski definition) is 5. The number of rotatable bonds is 11. The molecule has 0 aromatic heterocycles. The Balaban J connectivity index is 1.95. The van der Waals surface area contributed by atoms with Crippen LogP contribution in [0, 0.1) is 0 Å². The fourth-order valence-corrected chi connectivity index (χ4v) is 4.07. The number of Topliss-reactive ketones (excluding diaryl/α,β-unsaturated/α-hetero) is 1. The van der Waals surface area contributed by atoms with Crippen LogP contribution in [0.3, 0.4) is 0 Å². The molecule has 3 unspecified atom stereocenters. The van der Waals surface area contributed by atoms with E-state index in [1.54, 1.807) is 12.2 Å². The van der Waals surface area contributed by atoms with Crippen LogP contribution < -0.4 is 0 Å². The SMILES string of the molecule is CCCCC/C=C\CC1(O)/C(=C\C=C\CCCC(=O)OC)C(=O)C2(Br)OC21. The predicted octanol–water partition coefficient (Wildman–Crippen LogP) is 4.14. The smallest absolute Gasteiger partial charge is 0.305 e. The lowest BCUT2D eigenvalue weighted by Gasteiger charge is -2.23. The number of ketones is 1. The first-order valence-electron chi connectivity index (χ1n) is 9.63. The van der Waals surface area contributed by atoms with Crippen molar-refractivity contribution in [2.45, 2.75) is 74.5 Å². The number of epoxide rings is 1. The van der Waals surface area contributed by atoms with Crippen molar-refractivity contribution in [3.8, 4) is 0 Å². The first-order valence-corrected chi connectivity index (χ1v) is 10.4. The summed E-state index contributed by atoms with van der Waals surface area (Å²) in [5.41, 5.74) is -0.934. The zero-order valence-electron chi connectivity index (χ0n) is 16.1. The molecule has 0 bridgehead atoms. The molecule has 0 aromatic carbocycles. The maximum Gasteiger partial charge on any atom is 0.305 e. The van der Waals surface area contributed by atoms with E-state index in [2.05, 4.69) is 33.7 Å². The second kappa shape index (κ2) is 9.80. The van der Waals surface area contributed by atoms with Crippen molar-refractivity contribution < 1.29 is 24.2 Å². The van der Waals surface area contributed by atoms with Crippen LogP contribution >= 0.6 is 15.9 Å². The fourth-order valence-electron chi connectivity index (χ4n) is 3.29. The number of alkyl halides is 1. The molecular formula is C21H29BrO5. The lowest BCUT2D eigenvalue weighted by atomic mass is 9.90. The Labute approximate surface area is 169 Å². The van der Waals surface area contributed by atoms with Crippen LogP contribution in [-0.2, 0) is 19.1 Å². The van der Waals surface area contributed by atoms with Crippen molar-refractivity contribution in [1.82, 2.24) is 0 Å². The van der Waals surface area contributed by atoms with Gasteiger partial charge in [0.2, 0.25) is 10.3 Å². The molecule has 1 heterocycles. The Morgan fingerprint density at radius 2 is 2.00 bits per heavy atom.